The topological polar surface area (TPSA) is 72.7 Å². The predicted molar refractivity (Wildman–Crippen MR) is 99.2 cm³/mol. The molecule has 0 spiro atoms. The molecule has 1 aliphatic rings. The second-order valence-electron chi connectivity index (χ2n) is 7.01. The van der Waals surface area contributed by atoms with Gasteiger partial charge in [0.1, 0.15) is 0 Å². The maximum atomic E-state index is 12.6. The number of nitrogens with one attached hydrogen (secondary N) is 1. The number of carbonyl (C=O) groups is 1. The number of rotatable bonds is 3. The smallest absolute Gasteiger partial charge is 0.259 e. The molecule has 1 atom stereocenters. The first kappa shape index (κ1) is 16.2. The minimum atomic E-state index is -0.175. The zero-order valence-corrected chi connectivity index (χ0v) is 15.4. The Morgan fingerprint density at radius 2 is 2.24 bits per heavy atom. The number of anilines is 1. The molecule has 0 radical (unpaired) electrons. The van der Waals surface area contributed by atoms with E-state index in [0.717, 1.165) is 29.6 Å². The van der Waals surface area contributed by atoms with Crippen molar-refractivity contribution in [3.8, 4) is 0 Å². The summed E-state index contributed by atoms with van der Waals surface area (Å²) in [4.78, 5) is 22.9. The number of aromatic nitrogens is 4. The molecule has 0 bridgehead atoms. The van der Waals surface area contributed by atoms with E-state index >= 15 is 0 Å². The van der Waals surface area contributed by atoms with Crippen LogP contribution in [-0.4, -0.2) is 25.7 Å². The van der Waals surface area contributed by atoms with Gasteiger partial charge in [-0.3, -0.25) is 10.1 Å². The summed E-state index contributed by atoms with van der Waals surface area (Å²) in [5, 5.41) is 8.82. The normalized spacial score (nSPS) is 17.0. The molecule has 0 aliphatic heterocycles. The van der Waals surface area contributed by atoms with Crippen LogP contribution in [-0.2, 0) is 12.8 Å². The second-order valence-corrected chi connectivity index (χ2v) is 8.09. The minimum Gasteiger partial charge on any atom is -0.298 e. The van der Waals surface area contributed by atoms with Gasteiger partial charge in [0.15, 0.2) is 10.8 Å². The lowest BCUT2D eigenvalue weighted by atomic mass is 9.93. The Bertz CT molecular complexity index is 942. The fourth-order valence-corrected chi connectivity index (χ4v) is 4.37. The number of aryl methyl sites for hydroxylation is 1. The number of carbonyl (C=O) groups excluding carboxylic acids is 1. The number of pyridine rings is 1. The monoisotopic (exact) mass is 355 g/mol. The van der Waals surface area contributed by atoms with Gasteiger partial charge in [-0.15, -0.1) is 11.3 Å². The van der Waals surface area contributed by atoms with Crippen molar-refractivity contribution in [2.75, 3.05) is 5.32 Å². The van der Waals surface area contributed by atoms with E-state index in [1.807, 2.05) is 10.7 Å². The van der Waals surface area contributed by atoms with Gasteiger partial charge in [-0.2, -0.15) is 5.10 Å². The Morgan fingerprint density at radius 1 is 1.40 bits per heavy atom. The Labute approximate surface area is 150 Å². The van der Waals surface area contributed by atoms with Crippen LogP contribution in [0.2, 0.25) is 0 Å². The lowest BCUT2D eigenvalue weighted by molar-refractivity contribution is 0.102. The van der Waals surface area contributed by atoms with Crippen LogP contribution in [0.3, 0.4) is 0 Å². The molecule has 6 nitrogen and oxygen atoms in total. The lowest BCUT2D eigenvalue weighted by Crippen LogP contribution is -2.12. The molecule has 0 saturated heterocycles. The number of thiazole rings is 1. The third kappa shape index (κ3) is 3.04. The maximum absolute atomic E-state index is 12.6. The Kier molecular flexibility index (Phi) is 4.03. The van der Waals surface area contributed by atoms with Crippen molar-refractivity contribution in [1.29, 1.82) is 0 Å². The minimum absolute atomic E-state index is 0.175. The Hall–Kier alpha value is -2.28. The summed E-state index contributed by atoms with van der Waals surface area (Å²) in [6, 6.07) is 2.06. The molecule has 1 amide bonds. The summed E-state index contributed by atoms with van der Waals surface area (Å²) < 4.78 is 1.85. The van der Waals surface area contributed by atoms with Crippen LogP contribution in [0.25, 0.3) is 11.0 Å². The van der Waals surface area contributed by atoms with Gasteiger partial charge in [-0.25, -0.2) is 14.6 Å². The van der Waals surface area contributed by atoms with Crippen LogP contribution in [0.1, 0.15) is 54.2 Å². The average Bonchev–Trinajstić information content (AvgIpc) is 3.16. The number of nitrogens with zero attached hydrogens (tertiary/aromatic N) is 4. The molecule has 3 heterocycles. The van der Waals surface area contributed by atoms with Gasteiger partial charge in [0.25, 0.3) is 5.91 Å². The molecule has 1 aliphatic carbocycles. The first-order valence-corrected chi connectivity index (χ1v) is 9.46. The molecule has 7 heteroatoms. The standard InChI is InChI=1S/C18H21N5OS/c1-10(2)23-16-12(9-20-23)7-13(8-19-16)17(24)22-18-21-14-5-4-11(3)6-15(14)25-18/h7-11H,4-6H2,1-3H3,(H,21,22,24)/t11-/m0/s1. The fourth-order valence-electron chi connectivity index (χ4n) is 3.20. The highest BCUT2D eigenvalue weighted by Crippen LogP contribution is 2.32. The zero-order valence-electron chi connectivity index (χ0n) is 14.6. The summed E-state index contributed by atoms with van der Waals surface area (Å²) >= 11 is 1.59. The highest BCUT2D eigenvalue weighted by Gasteiger charge is 2.21. The van der Waals surface area contributed by atoms with Crippen LogP contribution in [0.4, 0.5) is 5.13 Å². The van der Waals surface area contributed by atoms with Crippen LogP contribution in [0.15, 0.2) is 18.5 Å². The molecule has 130 valence electrons. The summed E-state index contributed by atoms with van der Waals surface area (Å²) in [5.74, 6) is 0.520. The quantitative estimate of drug-likeness (QED) is 0.774. The lowest BCUT2D eigenvalue weighted by Gasteiger charge is -2.15. The van der Waals surface area contributed by atoms with Gasteiger partial charge >= 0.3 is 0 Å². The highest BCUT2D eigenvalue weighted by molar-refractivity contribution is 7.15. The van der Waals surface area contributed by atoms with Gasteiger partial charge in [-0.1, -0.05) is 6.92 Å². The fraction of sp³-hybridized carbons (Fsp3) is 0.444. The summed E-state index contributed by atoms with van der Waals surface area (Å²) in [6.07, 6.45) is 6.59. The molecule has 3 aromatic heterocycles. The molecular formula is C18H21N5OS. The summed E-state index contributed by atoms with van der Waals surface area (Å²) in [5.41, 5.74) is 2.47. The van der Waals surface area contributed by atoms with Crippen molar-refractivity contribution in [2.24, 2.45) is 5.92 Å². The van der Waals surface area contributed by atoms with Crippen molar-refractivity contribution < 1.29 is 4.79 Å². The predicted octanol–water partition coefficient (Wildman–Crippen LogP) is 3.85. The van der Waals surface area contributed by atoms with Crippen molar-refractivity contribution in [3.05, 3.63) is 34.6 Å². The van der Waals surface area contributed by atoms with E-state index in [2.05, 4.69) is 41.2 Å². The molecular weight excluding hydrogens is 334 g/mol. The molecule has 0 saturated carbocycles. The van der Waals surface area contributed by atoms with Crippen LogP contribution in [0, 0.1) is 5.92 Å². The Morgan fingerprint density at radius 3 is 3.04 bits per heavy atom. The van der Waals surface area contributed by atoms with Crippen LogP contribution < -0.4 is 5.32 Å². The molecule has 4 rings (SSSR count). The molecule has 0 unspecified atom stereocenters. The highest BCUT2D eigenvalue weighted by atomic mass is 32.1. The summed E-state index contributed by atoms with van der Waals surface area (Å²) in [7, 11) is 0. The van der Waals surface area contributed by atoms with E-state index in [9.17, 15) is 4.79 Å². The van der Waals surface area contributed by atoms with E-state index in [0.29, 0.717) is 16.6 Å². The Balaban J connectivity index is 1.56. The maximum Gasteiger partial charge on any atom is 0.259 e. The zero-order chi connectivity index (χ0) is 17.6. The average molecular weight is 355 g/mol. The third-order valence-electron chi connectivity index (χ3n) is 4.59. The number of fused-ring (bicyclic) bond motifs is 2. The van der Waals surface area contributed by atoms with E-state index < -0.39 is 0 Å². The van der Waals surface area contributed by atoms with E-state index in [1.165, 1.54) is 11.3 Å². The van der Waals surface area contributed by atoms with Gasteiger partial charge < -0.3 is 0 Å². The van der Waals surface area contributed by atoms with Crippen LogP contribution >= 0.6 is 11.3 Å². The van der Waals surface area contributed by atoms with E-state index in [4.69, 9.17) is 0 Å². The molecule has 0 aromatic carbocycles. The molecule has 0 fully saturated rings. The van der Waals surface area contributed by atoms with Crippen LogP contribution in [0.5, 0.6) is 0 Å². The second kappa shape index (κ2) is 6.22. The first-order valence-electron chi connectivity index (χ1n) is 8.64. The molecule has 1 N–H and O–H groups in total. The largest absolute Gasteiger partial charge is 0.298 e. The molecule has 3 aromatic rings. The first-order chi connectivity index (χ1) is 12.0. The van der Waals surface area contributed by atoms with Crippen molar-refractivity contribution >= 4 is 33.4 Å². The van der Waals surface area contributed by atoms with Gasteiger partial charge in [-0.05, 0) is 45.1 Å². The van der Waals surface area contributed by atoms with Crippen molar-refractivity contribution in [3.63, 3.8) is 0 Å². The van der Waals surface area contributed by atoms with Crippen molar-refractivity contribution in [2.45, 2.75) is 46.1 Å². The molecule has 25 heavy (non-hydrogen) atoms. The third-order valence-corrected chi connectivity index (χ3v) is 5.63. The van der Waals surface area contributed by atoms with E-state index in [1.54, 1.807) is 23.7 Å². The van der Waals surface area contributed by atoms with Gasteiger partial charge in [0.2, 0.25) is 0 Å². The van der Waals surface area contributed by atoms with Gasteiger partial charge in [0.05, 0.1) is 17.5 Å². The van der Waals surface area contributed by atoms with E-state index in [-0.39, 0.29) is 11.9 Å². The van der Waals surface area contributed by atoms with Crippen molar-refractivity contribution in [1.82, 2.24) is 19.7 Å². The number of amides is 1. The SMILES string of the molecule is CC(C)n1ncc2cc(C(=O)Nc3nc4c(s3)C[C@@H](C)CC4)cnc21. The summed E-state index contributed by atoms with van der Waals surface area (Å²) in [6.45, 7) is 6.37. The van der Waals surface area contributed by atoms with Gasteiger partial charge in [0, 0.05) is 22.5 Å². The number of hydrogen-bond acceptors (Lipinski definition) is 5. The number of hydrogen-bond donors (Lipinski definition) is 1.